The van der Waals surface area contributed by atoms with Gasteiger partial charge in [-0.3, -0.25) is 4.55 Å². The maximum absolute atomic E-state index is 9.89. The third-order valence-corrected chi connectivity index (χ3v) is 2.82. The summed E-state index contributed by atoms with van der Waals surface area (Å²) in [6.45, 7) is 0. The molecule has 0 fully saturated rings. The van der Waals surface area contributed by atoms with Gasteiger partial charge in [0.1, 0.15) is 0 Å². The molecule has 0 aliphatic rings. The van der Waals surface area contributed by atoms with Crippen LogP contribution in [0.25, 0.3) is 0 Å². The molecule has 0 atom stereocenters. The minimum absolute atomic E-state index is 0. The predicted molar refractivity (Wildman–Crippen MR) is 29.5 cm³/mol. The Morgan fingerprint density at radius 3 is 1.50 bits per heavy atom. The summed E-state index contributed by atoms with van der Waals surface area (Å²) in [7, 11) is -8.61. The summed E-state index contributed by atoms with van der Waals surface area (Å²) >= 11 is 0. The van der Waals surface area contributed by atoms with E-state index in [2.05, 4.69) is 5.14 Å². The summed E-state index contributed by atoms with van der Waals surface area (Å²) in [5.41, 5.74) is 0. The monoisotopic (exact) mass is 264 g/mol. The number of hydrogen-bond donors (Lipinski definition) is 2. The van der Waals surface area contributed by atoms with Crippen LogP contribution in [0.1, 0.15) is 0 Å². The van der Waals surface area contributed by atoms with Gasteiger partial charge in [-0.15, -0.1) is 0 Å². The molecule has 0 heterocycles. The van der Waals surface area contributed by atoms with Crippen LogP contribution in [0, 0.1) is 0 Å². The maximum atomic E-state index is 9.89. The van der Waals surface area contributed by atoms with Crippen molar-refractivity contribution in [2.45, 2.75) is 0 Å². The Bertz CT molecular complexity index is 245. The van der Waals surface area contributed by atoms with Crippen molar-refractivity contribution in [2.75, 3.05) is 5.08 Å². The topological polar surface area (TPSA) is 115 Å². The average Bonchev–Trinajstić information content (AvgIpc) is 1.14. The first-order valence-corrected chi connectivity index (χ1v) is 4.99. The molecule has 0 aromatic carbocycles. The van der Waals surface area contributed by atoms with Crippen molar-refractivity contribution >= 4 is 20.1 Å². The molecule has 1 radical (unpaired) electrons. The van der Waals surface area contributed by atoms with E-state index in [0.29, 0.717) is 0 Å². The van der Waals surface area contributed by atoms with Crippen LogP contribution in [0.2, 0.25) is 0 Å². The fraction of sp³-hybridized carbons (Fsp3) is 1.00. The van der Waals surface area contributed by atoms with Crippen LogP contribution in [0.5, 0.6) is 0 Å². The second-order valence-electron chi connectivity index (χ2n) is 1.36. The number of hydrogen-bond acceptors (Lipinski definition) is 4. The number of nitrogens with two attached hydrogens (primary N) is 1. The van der Waals surface area contributed by atoms with Gasteiger partial charge in [0, 0.05) is 32.7 Å². The van der Waals surface area contributed by atoms with Gasteiger partial charge in [0.2, 0.25) is 10.0 Å². The third kappa shape index (κ3) is 11.7. The molecule has 0 aromatic heterocycles. The number of sulfonamides is 1. The van der Waals surface area contributed by atoms with E-state index in [0.717, 1.165) is 0 Å². The Kier molecular flexibility index (Phi) is 5.51. The van der Waals surface area contributed by atoms with Gasteiger partial charge >= 0.3 is 0 Å². The van der Waals surface area contributed by atoms with Gasteiger partial charge in [-0.05, 0) is 0 Å². The quantitative estimate of drug-likeness (QED) is 0.566. The molecule has 0 bridgehead atoms. The van der Waals surface area contributed by atoms with Gasteiger partial charge in [-0.2, -0.15) is 8.42 Å². The second kappa shape index (κ2) is 4.08. The minimum atomic E-state index is -4.49. The van der Waals surface area contributed by atoms with E-state index in [4.69, 9.17) is 4.55 Å². The Morgan fingerprint density at radius 2 is 1.50 bits per heavy atom. The molecular formula is CH5NO5S2Y. The molecule has 0 aliphatic heterocycles. The average molecular weight is 264 g/mol. The fourth-order valence-corrected chi connectivity index (χ4v) is 1.87. The van der Waals surface area contributed by atoms with E-state index in [1.54, 1.807) is 0 Å². The maximum Gasteiger partial charge on any atom is 0.280 e. The van der Waals surface area contributed by atoms with E-state index >= 15 is 0 Å². The molecule has 0 saturated carbocycles. The molecule has 59 valence electrons. The largest absolute Gasteiger partial charge is 0.285 e. The van der Waals surface area contributed by atoms with Crippen molar-refractivity contribution < 1.29 is 54.1 Å². The Morgan fingerprint density at radius 1 is 1.20 bits per heavy atom. The van der Waals surface area contributed by atoms with Gasteiger partial charge in [0.05, 0.1) is 0 Å². The molecule has 9 heteroatoms. The molecule has 0 spiro atoms. The first-order valence-electron chi connectivity index (χ1n) is 1.66. The van der Waals surface area contributed by atoms with E-state index < -0.39 is 25.2 Å². The summed E-state index contributed by atoms with van der Waals surface area (Å²) in [4.78, 5) is 0. The second-order valence-corrected chi connectivity index (χ2v) is 4.79. The third-order valence-electron chi connectivity index (χ3n) is 0.313. The van der Waals surface area contributed by atoms with Crippen LogP contribution in [-0.4, -0.2) is 26.5 Å². The Balaban J connectivity index is 0. The van der Waals surface area contributed by atoms with Crippen LogP contribution < -0.4 is 5.14 Å². The van der Waals surface area contributed by atoms with Gasteiger partial charge in [0.15, 0.2) is 5.08 Å². The molecule has 0 aliphatic carbocycles. The van der Waals surface area contributed by atoms with Crippen molar-refractivity contribution in [3.05, 3.63) is 0 Å². The van der Waals surface area contributed by atoms with Gasteiger partial charge in [-0.1, -0.05) is 0 Å². The summed E-state index contributed by atoms with van der Waals surface area (Å²) in [6, 6.07) is 0. The summed E-state index contributed by atoms with van der Waals surface area (Å²) in [5, 5.41) is 2.82. The van der Waals surface area contributed by atoms with Crippen molar-refractivity contribution in [2.24, 2.45) is 5.14 Å². The van der Waals surface area contributed by atoms with E-state index in [-0.39, 0.29) is 32.7 Å². The van der Waals surface area contributed by atoms with E-state index in [1.807, 2.05) is 0 Å². The molecule has 0 amide bonds. The molecule has 0 unspecified atom stereocenters. The zero-order chi connectivity index (χ0) is 7.71. The van der Waals surface area contributed by atoms with Gasteiger partial charge in [-0.25, -0.2) is 13.6 Å². The van der Waals surface area contributed by atoms with Crippen LogP contribution in [0.4, 0.5) is 0 Å². The Labute approximate surface area is 83.9 Å². The molecule has 10 heavy (non-hydrogen) atoms. The van der Waals surface area contributed by atoms with Crippen LogP contribution >= 0.6 is 0 Å². The first kappa shape index (κ1) is 13.5. The normalized spacial score (nSPS) is 12.2. The van der Waals surface area contributed by atoms with Crippen molar-refractivity contribution in [3.8, 4) is 0 Å². The molecular weight excluding hydrogens is 259 g/mol. The van der Waals surface area contributed by atoms with E-state index in [1.165, 1.54) is 0 Å². The molecule has 0 rings (SSSR count). The van der Waals surface area contributed by atoms with Gasteiger partial charge < -0.3 is 0 Å². The molecule has 0 aromatic rings. The smallest absolute Gasteiger partial charge is 0.280 e. The van der Waals surface area contributed by atoms with Crippen LogP contribution in [0.3, 0.4) is 0 Å². The fourth-order valence-electron chi connectivity index (χ4n) is 0.208. The van der Waals surface area contributed by atoms with Crippen molar-refractivity contribution in [3.63, 3.8) is 0 Å². The molecule has 0 saturated heterocycles. The SMILES string of the molecule is NS(=O)(=O)CS(=O)(=O)O.[Y]. The zero-order valence-electron chi connectivity index (χ0n) is 4.76. The number of rotatable bonds is 2. The van der Waals surface area contributed by atoms with Crippen LogP contribution in [0.15, 0.2) is 0 Å². The summed E-state index contributed by atoms with van der Waals surface area (Å²) < 4.78 is 47.1. The first-order chi connectivity index (χ1) is 3.71. The zero-order valence-corrected chi connectivity index (χ0v) is 9.23. The molecule has 6 nitrogen and oxygen atoms in total. The number of primary sulfonamides is 1. The van der Waals surface area contributed by atoms with Crippen molar-refractivity contribution in [1.29, 1.82) is 0 Å². The summed E-state index contributed by atoms with van der Waals surface area (Å²) in [5.74, 6) is 0. The van der Waals surface area contributed by atoms with Crippen LogP contribution in [-0.2, 0) is 52.9 Å². The minimum Gasteiger partial charge on any atom is -0.285 e. The van der Waals surface area contributed by atoms with E-state index in [9.17, 15) is 16.8 Å². The standard InChI is InChI=1S/CH5NO5S2.Y/c2-8(3,4)1-9(5,6)7;/h1H2,(H2,2,3,4)(H,5,6,7);. The van der Waals surface area contributed by atoms with Crippen molar-refractivity contribution in [1.82, 2.24) is 0 Å². The van der Waals surface area contributed by atoms with Gasteiger partial charge in [0.25, 0.3) is 10.1 Å². The summed E-state index contributed by atoms with van der Waals surface area (Å²) in [6.07, 6.45) is 0. The predicted octanol–water partition coefficient (Wildman–Crippen LogP) is -1.88. The Hall–Kier alpha value is 0.924. The molecule has 3 N–H and O–H groups in total.